The third-order valence-corrected chi connectivity index (χ3v) is 6.03. The van der Waals surface area contributed by atoms with E-state index in [1.165, 1.54) is 24.4 Å². The minimum atomic E-state index is -0.517. The van der Waals surface area contributed by atoms with Crippen LogP contribution in [-0.4, -0.2) is 54.6 Å². The smallest absolute Gasteiger partial charge is 0.276 e. The number of nitrogens with zero attached hydrogens (tertiary/aromatic N) is 3. The Morgan fingerprint density at radius 3 is 2.59 bits per heavy atom. The molecule has 1 aliphatic rings. The Balaban J connectivity index is 1.35. The van der Waals surface area contributed by atoms with Crippen molar-refractivity contribution in [1.29, 1.82) is 0 Å². The molecular weight excluding hydrogens is 503 g/mol. The Labute approximate surface area is 226 Å². The summed E-state index contributed by atoms with van der Waals surface area (Å²) in [7, 11) is 0. The molecule has 1 aliphatic heterocycles. The van der Waals surface area contributed by atoms with Crippen LogP contribution in [0.1, 0.15) is 45.8 Å². The normalized spacial score (nSPS) is 13.3. The lowest BCUT2D eigenvalue weighted by Gasteiger charge is -2.29. The molecule has 3 aromatic rings. The Morgan fingerprint density at radius 1 is 1.08 bits per heavy atom. The van der Waals surface area contributed by atoms with Gasteiger partial charge in [-0.05, 0) is 48.7 Å². The molecule has 1 saturated heterocycles. The predicted octanol–water partition coefficient (Wildman–Crippen LogP) is 3.94. The molecule has 0 spiro atoms. The van der Waals surface area contributed by atoms with Gasteiger partial charge in [0.1, 0.15) is 18.2 Å². The molecule has 1 aromatic carbocycles. The van der Waals surface area contributed by atoms with Crippen LogP contribution in [0.25, 0.3) is 0 Å². The van der Waals surface area contributed by atoms with Gasteiger partial charge in [-0.25, -0.2) is 14.9 Å². The number of ether oxygens (including phenoxy) is 1. The van der Waals surface area contributed by atoms with Gasteiger partial charge in [0.25, 0.3) is 11.8 Å². The Morgan fingerprint density at radius 2 is 1.87 bits per heavy atom. The maximum Gasteiger partial charge on any atom is 0.276 e. The monoisotopic (exact) mass is 536 g/mol. The highest BCUT2D eigenvalue weighted by atomic mass is 19.1. The molecule has 0 radical (unpaired) electrons. The molecule has 0 aliphatic carbocycles. The first kappa shape index (κ1) is 27.9. The van der Waals surface area contributed by atoms with Crippen LogP contribution < -0.4 is 21.0 Å². The quantitative estimate of drug-likeness (QED) is 0.334. The molecule has 206 valence electrons. The molecule has 0 saturated carbocycles. The second-order valence-electron chi connectivity index (χ2n) is 9.65. The molecule has 2 amide bonds. The number of rotatable bonds is 10. The first-order valence-corrected chi connectivity index (χ1v) is 12.8. The highest BCUT2D eigenvalue weighted by Crippen LogP contribution is 2.21. The van der Waals surface area contributed by atoms with Crippen molar-refractivity contribution >= 4 is 29.0 Å². The first-order valence-electron chi connectivity index (χ1n) is 12.8. The number of amides is 2. The van der Waals surface area contributed by atoms with Gasteiger partial charge < -0.3 is 20.3 Å². The van der Waals surface area contributed by atoms with Gasteiger partial charge in [-0.1, -0.05) is 19.9 Å². The summed E-state index contributed by atoms with van der Waals surface area (Å²) in [5.41, 5.74) is 4.94. The van der Waals surface area contributed by atoms with Crippen molar-refractivity contribution in [2.75, 3.05) is 48.4 Å². The molecular formula is C28H33FN6O4. The summed E-state index contributed by atoms with van der Waals surface area (Å²) in [5.74, 6) is -0.271. The number of anilines is 3. The summed E-state index contributed by atoms with van der Waals surface area (Å²) in [6.07, 6.45) is 3.11. The summed E-state index contributed by atoms with van der Waals surface area (Å²) >= 11 is 0. The Kier molecular flexibility index (Phi) is 9.40. The number of aryl methyl sites for hydroxylation is 1. The maximum absolute atomic E-state index is 14.3. The fraction of sp³-hybridized carbons (Fsp3) is 0.357. The largest absolute Gasteiger partial charge is 0.378 e. The number of hydrogen-bond acceptors (Lipinski definition) is 8. The second kappa shape index (κ2) is 13.1. The van der Waals surface area contributed by atoms with E-state index in [1.807, 2.05) is 17.0 Å². The van der Waals surface area contributed by atoms with E-state index in [2.05, 4.69) is 39.9 Å². The average Bonchev–Trinajstić information content (AvgIpc) is 2.93. The van der Waals surface area contributed by atoms with Crippen LogP contribution in [0.15, 0.2) is 48.8 Å². The number of halogens is 1. The van der Waals surface area contributed by atoms with Crippen LogP contribution in [0.2, 0.25) is 0 Å². The summed E-state index contributed by atoms with van der Waals surface area (Å²) in [6.45, 7) is 9.17. The molecule has 0 bridgehead atoms. The van der Waals surface area contributed by atoms with E-state index in [0.717, 1.165) is 17.9 Å². The predicted molar refractivity (Wildman–Crippen MR) is 146 cm³/mol. The number of benzene rings is 1. The van der Waals surface area contributed by atoms with Crippen LogP contribution in [-0.2, 0) is 16.2 Å². The molecule has 3 N–H and O–H groups in total. The van der Waals surface area contributed by atoms with Crippen LogP contribution in [0, 0.1) is 18.7 Å². The van der Waals surface area contributed by atoms with Gasteiger partial charge in [0.05, 0.1) is 36.4 Å². The number of aromatic nitrogens is 2. The lowest BCUT2D eigenvalue weighted by molar-refractivity contribution is 0.0232. The summed E-state index contributed by atoms with van der Waals surface area (Å²) in [6, 6.07) is 9.41. The molecule has 4 rings (SSSR count). The number of nitrogens with one attached hydrogen (secondary N) is 3. The van der Waals surface area contributed by atoms with Gasteiger partial charge in [0.15, 0.2) is 0 Å². The molecule has 3 heterocycles. The molecule has 0 atom stereocenters. The van der Waals surface area contributed by atoms with E-state index in [9.17, 15) is 14.0 Å². The van der Waals surface area contributed by atoms with Crippen molar-refractivity contribution in [1.82, 2.24) is 15.4 Å². The Bertz CT molecular complexity index is 1300. The van der Waals surface area contributed by atoms with Crippen molar-refractivity contribution in [3.63, 3.8) is 0 Å². The fourth-order valence-corrected chi connectivity index (χ4v) is 3.91. The third-order valence-electron chi connectivity index (χ3n) is 6.03. The first-order chi connectivity index (χ1) is 18.8. The summed E-state index contributed by atoms with van der Waals surface area (Å²) < 4.78 is 19.7. The topological polar surface area (TPSA) is 118 Å². The molecule has 39 heavy (non-hydrogen) atoms. The fourth-order valence-electron chi connectivity index (χ4n) is 3.91. The second-order valence-corrected chi connectivity index (χ2v) is 9.65. The van der Waals surface area contributed by atoms with E-state index in [0.29, 0.717) is 49.3 Å². The number of carbonyl (C=O) groups is 2. The van der Waals surface area contributed by atoms with Gasteiger partial charge in [0.2, 0.25) is 0 Å². The number of carbonyl (C=O) groups excluding carboxylic acids is 2. The summed E-state index contributed by atoms with van der Waals surface area (Å²) in [4.78, 5) is 41.6. The molecule has 1 fully saturated rings. The van der Waals surface area contributed by atoms with E-state index >= 15 is 0 Å². The SMILES string of the molecule is Cc1ncc(NC(=O)c2cc(F)cc(N3CCOCC3)c2)cc1C(=O)NOCc1ccc(NCC(C)C)nc1. The number of hydrogen-bond donors (Lipinski definition) is 3. The van der Waals surface area contributed by atoms with Crippen molar-refractivity contribution in [2.45, 2.75) is 27.4 Å². The zero-order valence-corrected chi connectivity index (χ0v) is 22.3. The van der Waals surface area contributed by atoms with E-state index in [4.69, 9.17) is 9.57 Å². The molecule has 0 unspecified atom stereocenters. The maximum atomic E-state index is 14.3. The van der Waals surface area contributed by atoms with Gasteiger partial charge in [-0.2, -0.15) is 0 Å². The van der Waals surface area contributed by atoms with Gasteiger partial charge in [0, 0.05) is 37.1 Å². The van der Waals surface area contributed by atoms with Gasteiger partial charge >= 0.3 is 0 Å². The zero-order valence-electron chi connectivity index (χ0n) is 22.3. The number of pyridine rings is 2. The van der Waals surface area contributed by atoms with Crippen LogP contribution >= 0.6 is 0 Å². The van der Waals surface area contributed by atoms with Crippen LogP contribution in [0.3, 0.4) is 0 Å². The minimum absolute atomic E-state index is 0.122. The highest BCUT2D eigenvalue weighted by molar-refractivity contribution is 6.05. The van der Waals surface area contributed by atoms with Crippen molar-refractivity contribution in [3.8, 4) is 0 Å². The lowest BCUT2D eigenvalue weighted by atomic mass is 10.1. The van der Waals surface area contributed by atoms with Crippen molar-refractivity contribution < 1.29 is 23.6 Å². The van der Waals surface area contributed by atoms with Crippen LogP contribution in [0.5, 0.6) is 0 Å². The number of hydroxylamine groups is 1. The minimum Gasteiger partial charge on any atom is -0.378 e. The average molecular weight is 537 g/mol. The third kappa shape index (κ3) is 7.95. The standard InChI is InChI=1S/C28H33FN6O4/c1-18(2)14-31-26-5-4-20(15-32-26)17-39-34-28(37)25-13-23(16-30-19(25)3)33-27(36)21-10-22(29)12-24(11-21)35-6-8-38-9-7-35/h4-5,10-13,15-16,18H,6-9,14,17H2,1-3H3,(H,31,32)(H,33,36)(H,34,37). The molecule has 10 nitrogen and oxygen atoms in total. The van der Waals surface area contributed by atoms with Gasteiger partial charge in [-0.15, -0.1) is 0 Å². The molecule has 2 aromatic heterocycles. The highest BCUT2D eigenvalue weighted by Gasteiger charge is 2.17. The van der Waals surface area contributed by atoms with Crippen LogP contribution in [0.4, 0.5) is 21.6 Å². The van der Waals surface area contributed by atoms with E-state index in [1.54, 1.807) is 19.2 Å². The zero-order chi connectivity index (χ0) is 27.8. The van der Waals surface area contributed by atoms with E-state index in [-0.39, 0.29) is 17.7 Å². The van der Waals surface area contributed by atoms with Crippen molar-refractivity contribution in [3.05, 3.63) is 77.0 Å². The summed E-state index contributed by atoms with van der Waals surface area (Å²) in [5, 5.41) is 5.94. The molecule has 11 heteroatoms. The Hall–Kier alpha value is -4.09. The lowest BCUT2D eigenvalue weighted by Crippen LogP contribution is -2.36. The number of morpholine rings is 1. The van der Waals surface area contributed by atoms with Crippen molar-refractivity contribution in [2.24, 2.45) is 5.92 Å². The van der Waals surface area contributed by atoms with Gasteiger partial charge in [-0.3, -0.25) is 19.4 Å². The van der Waals surface area contributed by atoms with E-state index < -0.39 is 17.6 Å².